The van der Waals surface area contributed by atoms with Gasteiger partial charge in [-0.05, 0) is 0 Å². The molecule has 0 aliphatic heterocycles. The van der Waals surface area contributed by atoms with Gasteiger partial charge in [-0.2, -0.15) is 0 Å². The molecule has 1 rings (SSSR count). The van der Waals surface area contributed by atoms with Crippen molar-refractivity contribution < 1.29 is 9.59 Å². The van der Waals surface area contributed by atoms with Gasteiger partial charge in [0.05, 0.1) is 5.51 Å². The first-order chi connectivity index (χ1) is 5.20. The summed E-state index contributed by atoms with van der Waals surface area (Å²) in [5, 5.41) is 3.69. The number of hydrogen-bond acceptors (Lipinski definition) is 4. The van der Waals surface area contributed by atoms with Gasteiger partial charge in [0.15, 0.2) is 0 Å². The summed E-state index contributed by atoms with van der Waals surface area (Å²) in [5.74, 6) is -0.818. The summed E-state index contributed by atoms with van der Waals surface area (Å²) in [5.41, 5.74) is 1.82. The lowest BCUT2D eigenvalue weighted by molar-refractivity contribution is -0.118. The minimum Gasteiger partial charge on any atom is -0.291 e. The number of imide groups is 1. The number of nitrogens with one attached hydrogen (secondary N) is 1. The third kappa shape index (κ3) is 2.12. The summed E-state index contributed by atoms with van der Waals surface area (Å²) in [6, 6.07) is 0. The van der Waals surface area contributed by atoms with Crippen LogP contribution in [0.5, 0.6) is 0 Å². The zero-order chi connectivity index (χ0) is 8.27. The Morgan fingerprint density at radius 1 is 1.64 bits per heavy atom. The molecule has 0 radical (unpaired) electrons. The quantitative estimate of drug-likeness (QED) is 0.664. The van der Waals surface area contributed by atoms with Gasteiger partial charge in [-0.3, -0.25) is 14.9 Å². The van der Waals surface area contributed by atoms with Crippen LogP contribution in [0.1, 0.15) is 17.4 Å². The molecule has 0 aliphatic rings. The standard InChI is InChI=1S/C6H6N2O2S/c1-4(9)8-6(10)5-2-11-3-7-5/h2-3H,1H3,(H,8,9,10). The third-order valence-corrected chi connectivity index (χ3v) is 1.54. The maximum absolute atomic E-state index is 10.9. The fourth-order valence-corrected chi connectivity index (χ4v) is 1.08. The van der Waals surface area contributed by atoms with Crippen molar-refractivity contribution in [3.05, 3.63) is 16.6 Å². The van der Waals surface area contributed by atoms with Crippen molar-refractivity contribution in [3.8, 4) is 0 Å². The number of rotatable bonds is 1. The molecule has 0 atom stereocenters. The smallest absolute Gasteiger partial charge is 0.277 e. The summed E-state index contributed by atoms with van der Waals surface area (Å²) in [6.07, 6.45) is 0. The van der Waals surface area contributed by atoms with Gasteiger partial charge in [0.2, 0.25) is 5.91 Å². The molecule has 0 saturated carbocycles. The fourth-order valence-electron chi connectivity index (χ4n) is 0.549. The Kier molecular flexibility index (Phi) is 2.32. The molecule has 0 saturated heterocycles. The second kappa shape index (κ2) is 3.25. The SMILES string of the molecule is CC(=O)NC(=O)c1cscn1. The Labute approximate surface area is 67.3 Å². The van der Waals surface area contributed by atoms with E-state index < -0.39 is 5.91 Å². The van der Waals surface area contributed by atoms with Crippen LogP contribution in [0, 0.1) is 0 Å². The Bertz CT molecular complexity index is 268. The second-order valence-electron chi connectivity index (χ2n) is 1.88. The first-order valence-corrected chi connectivity index (χ1v) is 3.84. The van der Waals surface area contributed by atoms with Crippen LogP contribution >= 0.6 is 11.3 Å². The zero-order valence-corrected chi connectivity index (χ0v) is 6.64. The summed E-state index contributed by atoms with van der Waals surface area (Å²) in [6.45, 7) is 1.28. The molecule has 1 aromatic rings. The number of hydrogen-bond donors (Lipinski definition) is 1. The average molecular weight is 170 g/mol. The minimum atomic E-state index is -0.446. The molecule has 1 heterocycles. The fraction of sp³-hybridized carbons (Fsp3) is 0.167. The molecule has 0 spiro atoms. The van der Waals surface area contributed by atoms with Crippen molar-refractivity contribution in [2.45, 2.75) is 6.92 Å². The summed E-state index contributed by atoms with van der Waals surface area (Å²) in [4.78, 5) is 25.0. The Morgan fingerprint density at radius 2 is 2.36 bits per heavy atom. The van der Waals surface area contributed by atoms with Crippen LogP contribution in [0.2, 0.25) is 0 Å². The van der Waals surface area contributed by atoms with Gasteiger partial charge in [0.25, 0.3) is 5.91 Å². The van der Waals surface area contributed by atoms with Crippen LogP contribution in [0.15, 0.2) is 10.9 Å². The molecule has 58 valence electrons. The lowest BCUT2D eigenvalue weighted by Gasteiger charge is -1.94. The first kappa shape index (κ1) is 7.87. The Morgan fingerprint density at radius 3 is 2.82 bits per heavy atom. The normalized spacial score (nSPS) is 9.18. The van der Waals surface area contributed by atoms with Crippen molar-refractivity contribution >= 4 is 23.2 Å². The lowest BCUT2D eigenvalue weighted by atomic mass is 10.4. The van der Waals surface area contributed by atoms with Gasteiger partial charge in [0.1, 0.15) is 5.69 Å². The number of carbonyl (C=O) groups excluding carboxylic acids is 2. The van der Waals surface area contributed by atoms with Crippen molar-refractivity contribution in [2.24, 2.45) is 0 Å². The largest absolute Gasteiger partial charge is 0.291 e. The molecule has 1 aromatic heterocycles. The van der Waals surface area contributed by atoms with Crippen LogP contribution in [0.4, 0.5) is 0 Å². The van der Waals surface area contributed by atoms with E-state index in [1.807, 2.05) is 0 Å². The van der Waals surface area contributed by atoms with E-state index in [4.69, 9.17) is 0 Å². The van der Waals surface area contributed by atoms with Gasteiger partial charge in [-0.1, -0.05) is 0 Å². The van der Waals surface area contributed by atoms with E-state index in [0.29, 0.717) is 0 Å². The Balaban J connectivity index is 2.64. The van der Waals surface area contributed by atoms with Gasteiger partial charge >= 0.3 is 0 Å². The molecule has 11 heavy (non-hydrogen) atoms. The van der Waals surface area contributed by atoms with Crippen LogP contribution in [-0.4, -0.2) is 16.8 Å². The molecule has 0 bridgehead atoms. The van der Waals surface area contributed by atoms with Gasteiger partial charge in [-0.25, -0.2) is 4.98 Å². The van der Waals surface area contributed by atoms with E-state index in [0.717, 1.165) is 0 Å². The maximum Gasteiger partial charge on any atom is 0.277 e. The molecule has 0 fully saturated rings. The van der Waals surface area contributed by atoms with Gasteiger partial charge < -0.3 is 0 Å². The molecular formula is C6H6N2O2S. The van der Waals surface area contributed by atoms with Crippen LogP contribution in [0.3, 0.4) is 0 Å². The van der Waals surface area contributed by atoms with E-state index in [1.54, 1.807) is 5.38 Å². The van der Waals surface area contributed by atoms with Gasteiger partial charge in [-0.15, -0.1) is 11.3 Å². The van der Waals surface area contributed by atoms with Crippen molar-refractivity contribution in [1.29, 1.82) is 0 Å². The molecule has 1 N–H and O–H groups in total. The maximum atomic E-state index is 10.9. The van der Waals surface area contributed by atoms with E-state index in [9.17, 15) is 9.59 Å². The number of thiazole rings is 1. The number of aromatic nitrogens is 1. The van der Waals surface area contributed by atoms with E-state index in [-0.39, 0.29) is 11.6 Å². The molecule has 5 heteroatoms. The highest BCUT2D eigenvalue weighted by Gasteiger charge is 2.07. The van der Waals surface area contributed by atoms with E-state index in [2.05, 4.69) is 10.3 Å². The van der Waals surface area contributed by atoms with Crippen molar-refractivity contribution in [2.75, 3.05) is 0 Å². The van der Waals surface area contributed by atoms with Crippen LogP contribution in [0.25, 0.3) is 0 Å². The summed E-state index contributed by atoms with van der Waals surface area (Å²) >= 11 is 1.31. The first-order valence-electron chi connectivity index (χ1n) is 2.90. The predicted octanol–water partition coefficient (Wildman–Crippen LogP) is 0.419. The number of carbonyl (C=O) groups is 2. The van der Waals surface area contributed by atoms with E-state index in [1.165, 1.54) is 23.8 Å². The van der Waals surface area contributed by atoms with Crippen molar-refractivity contribution in [1.82, 2.24) is 10.3 Å². The second-order valence-corrected chi connectivity index (χ2v) is 2.60. The van der Waals surface area contributed by atoms with E-state index >= 15 is 0 Å². The molecule has 0 aromatic carbocycles. The number of nitrogens with zero attached hydrogens (tertiary/aromatic N) is 1. The topological polar surface area (TPSA) is 59.1 Å². The van der Waals surface area contributed by atoms with Crippen LogP contribution < -0.4 is 5.32 Å². The molecule has 4 nitrogen and oxygen atoms in total. The number of amides is 2. The Hall–Kier alpha value is -1.23. The molecule has 0 aliphatic carbocycles. The minimum absolute atomic E-state index is 0.283. The molecule has 0 unspecified atom stereocenters. The molecular weight excluding hydrogens is 164 g/mol. The third-order valence-electron chi connectivity index (χ3n) is 0.955. The monoisotopic (exact) mass is 170 g/mol. The zero-order valence-electron chi connectivity index (χ0n) is 5.83. The molecule has 2 amide bonds. The lowest BCUT2D eigenvalue weighted by Crippen LogP contribution is -2.28. The van der Waals surface area contributed by atoms with Crippen LogP contribution in [-0.2, 0) is 4.79 Å². The highest BCUT2D eigenvalue weighted by atomic mass is 32.1. The average Bonchev–Trinajstić information content (AvgIpc) is 2.35. The highest BCUT2D eigenvalue weighted by Crippen LogP contribution is 1.99. The summed E-state index contributed by atoms with van der Waals surface area (Å²) in [7, 11) is 0. The van der Waals surface area contributed by atoms with Gasteiger partial charge in [0, 0.05) is 12.3 Å². The summed E-state index contributed by atoms with van der Waals surface area (Å²) < 4.78 is 0. The predicted molar refractivity (Wildman–Crippen MR) is 40.3 cm³/mol. The highest BCUT2D eigenvalue weighted by molar-refractivity contribution is 7.07. The van der Waals surface area contributed by atoms with Crippen molar-refractivity contribution in [3.63, 3.8) is 0 Å².